The summed E-state index contributed by atoms with van der Waals surface area (Å²) in [5.74, 6) is -0.166. The second kappa shape index (κ2) is 5.64. The molecule has 120 valence electrons. The summed E-state index contributed by atoms with van der Waals surface area (Å²) in [5, 5.41) is 7.30. The molecule has 4 rings (SSSR count). The Morgan fingerprint density at radius 3 is 2.71 bits per heavy atom. The summed E-state index contributed by atoms with van der Waals surface area (Å²) in [6.07, 6.45) is 0.915. The van der Waals surface area contributed by atoms with E-state index in [-0.39, 0.29) is 5.91 Å². The normalized spacial score (nSPS) is 11.9. The number of nitrogens with one attached hydrogen (secondary N) is 1. The van der Waals surface area contributed by atoms with Crippen molar-refractivity contribution in [2.45, 2.75) is 26.8 Å². The van der Waals surface area contributed by atoms with Crippen molar-refractivity contribution in [2.75, 3.05) is 5.32 Å². The Kier molecular flexibility index (Phi) is 3.45. The fraction of sp³-hybridized carbons (Fsp3) is 0.200. The molecule has 1 amide bonds. The first-order valence-electron chi connectivity index (χ1n) is 8.22. The topological polar surface area (TPSA) is 46.9 Å². The largest absolute Gasteiger partial charge is 0.321 e. The molecule has 1 aromatic heterocycles. The van der Waals surface area contributed by atoms with E-state index in [0.29, 0.717) is 5.69 Å². The predicted octanol–water partition coefficient (Wildman–Crippen LogP) is 4.03. The number of hydrogen-bond donors (Lipinski definition) is 1. The van der Waals surface area contributed by atoms with Gasteiger partial charge in [0, 0.05) is 17.9 Å². The Labute approximate surface area is 141 Å². The molecule has 4 nitrogen and oxygen atoms in total. The number of anilines is 1. The molecule has 1 heterocycles. The molecule has 2 aromatic carbocycles. The van der Waals surface area contributed by atoms with Crippen molar-refractivity contribution >= 4 is 11.6 Å². The summed E-state index contributed by atoms with van der Waals surface area (Å²) in [7, 11) is 0. The molecule has 0 saturated heterocycles. The van der Waals surface area contributed by atoms with Crippen molar-refractivity contribution in [1.29, 1.82) is 0 Å². The van der Waals surface area contributed by atoms with E-state index in [1.165, 1.54) is 22.3 Å². The maximum atomic E-state index is 12.4. The highest BCUT2D eigenvalue weighted by molar-refractivity contribution is 6.03. The van der Waals surface area contributed by atoms with Gasteiger partial charge in [0.05, 0.1) is 0 Å². The van der Waals surface area contributed by atoms with Crippen LogP contribution in [0.5, 0.6) is 0 Å². The quantitative estimate of drug-likeness (QED) is 0.620. The standard InChI is InChI=1S/C20H19N3O/c1-3-23-13(2)10-19(22-23)20(24)21-16-8-9-18-15(12-16)11-14-6-4-5-7-17(14)18/h4-10,12H,3,11H2,1-2H3,(H,21,24). The van der Waals surface area contributed by atoms with Gasteiger partial charge in [0.25, 0.3) is 5.91 Å². The van der Waals surface area contributed by atoms with E-state index in [4.69, 9.17) is 0 Å². The summed E-state index contributed by atoms with van der Waals surface area (Å²) in [4.78, 5) is 12.4. The number of aryl methyl sites for hydroxylation is 2. The lowest BCUT2D eigenvalue weighted by Gasteiger charge is -2.06. The van der Waals surface area contributed by atoms with Gasteiger partial charge in [-0.25, -0.2) is 0 Å². The third-order valence-corrected chi connectivity index (χ3v) is 4.56. The number of amides is 1. The molecule has 0 bridgehead atoms. The van der Waals surface area contributed by atoms with Crippen molar-refractivity contribution in [3.63, 3.8) is 0 Å². The summed E-state index contributed by atoms with van der Waals surface area (Å²) >= 11 is 0. The van der Waals surface area contributed by atoms with E-state index >= 15 is 0 Å². The first-order valence-corrected chi connectivity index (χ1v) is 8.22. The lowest BCUT2D eigenvalue weighted by Crippen LogP contribution is -2.13. The van der Waals surface area contributed by atoms with Crippen LogP contribution in [0.4, 0.5) is 5.69 Å². The minimum Gasteiger partial charge on any atom is -0.321 e. The van der Waals surface area contributed by atoms with E-state index in [1.807, 2.05) is 30.7 Å². The molecule has 1 aliphatic carbocycles. The van der Waals surface area contributed by atoms with Gasteiger partial charge >= 0.3 is 0 Å². The fourth-order valence-electron chi connectivity index (χ4n) is 3.36. The molecule has 0 fully saturated rings. The minimum atomic E-state index is -0.166. The molecule has 0 spiro atoms. The fourth-order valence-corrected chi connectivity index (χ4v) is 3.36. The number of rotatable bonds is 3. The van der Waals surface area contributed by atoms with E-state index in [2.05, 4.69) is 46.8 Å². The van der Waals surface area contributed by atoms with Gasteiger partial charge in [-0.2, -0.15) is 5.10 Å². The predicted molar refractivity (Wildman–Crippen MR) is 95.3 cm³/mol. The molecule has 4 heteroatoms. The average molecular weight is 317 g/mol. The maximum Gasteiger partial charge on any atom is 0.276 e. The number of nitrogens with zero attached hydrogens (tertiary/aromatic N) is 2. The number of hydrogen-bond acceptors (Lipinski definition) is 2. The molecule has 0 atom stereocenters. The summed E-state index contributed by atoms with van der Waals surface area (Å²) in [5.41, 5.74) is 7.41. The van der Waals surface area contributed by atoms with Gasteiger partial charge in [0.1, 0.15) is 0 Å². The Bertz CT molecular complexity index is 940. The monoisotopic (exact) mass is 317 g/mol. The second-order valence-electron chi connectivity index (χ2n) is 6.15. The molecular weight excluding hydrogens is 298 g/mol. The zero-order chi connectivity index (χ0) is 16.7. The van der Waals surface area contributed by atoms with Crippen molar-refractivity contribution in [3.05, 3.63) is 71.0 Å². The summed E-state index contributed by atoms with van der Waals surface area (Å²) in [6.45, 7) is 4.73. The highest BCUT2D eigenvalue weighted by Crippen LogP contribution is 2.37. The molecule has 1 N–H and O–H groups in total. The van der Waals surface area contributed by atoms with Crippen molar-refractivity contribution in [1.82, 2.24) is 9.78 Å². The molecule has 0 saturated carbocycles. The molecule has 24 heavy (non-hydrogen) atoms. The number of fused-ring (bicyclic) bond motifs is 3. The molecular formula is C20H19N3O. The molecule has 3 aromatic rings. The van der Waals surface area contributed by atoms with Crippen molar-refractivity contribution < 1.29 is 4.79 Å². The number of benzene rings is 2. The van der Waals surface area contributed by atoms with Crippen LogP contribution in [0.3, 0.4) is 0 Å². The second-order valence-corrected chi connectivity index (χ2v) is 6.15. The van der Waals surface area contributed by atoms with Crippen LogP contribution in [0.2, 0.25) is 0 Å². The zero-order valence-electron chi connectivity index (χ0n) is 13.8. The summed E-state index contributed by atoms with van der Waals surface area (Å²) in [6, 6.07) is 16.4. The molecule has 0 unspecified atom stereocenters. The third-order valence-electron chi connectivity index (χ3n) is 4.56. The van der Waals surface area contributed by atoms with E-state index in [0.717, 1.165) is 24.3 Å². The third kappa shape index (κ3) is 2.40. The lowest BCUT2D eigenvalue weighted by molar-refractivity contribution is 0.102. The van der Waals surface area contributed by atoms with Gasteiger partial charge in [-0.3, -0.25) is 9.48 Å². The van der Waals surface area contributed by atoms with Crippen LogP contribution in [0.25, 0.3) is 11.1 Å². The van der Waals surface area contributed by atoms with E-state index < -0.39 is 0 Å². The van der Waals surface area contributed by atoms with E-state index in [9.17, 15) is 4.79 Å². The number of carbonyl (C=O) groups is 1. The smallest absolute Gasteiger partial charge is 0.276 e. The first-order chi connectivity index (χ1) is 11.7. The van der Waals surface area contributed by atoms with Gasteiger partial charge in [0.15, 0.2) is 5.69 Å². The Morgan fingerprint density at radius 2 is 1.92 bits per heavy atom. The van der Waals surface area contributed by atoms with Crippen LogP contribution in [0.1, 0.15) is 34.2 Å². The number of aromatic nitrogens is 2. The van der Waals surface area contributed by atoms with Gasteiger partial charge in [-0.15, -0.1) is 0 Å². The van der Waals surface area contributed by atoms with Crippen LogP contribution in [-0.4, -0.2) is 15.7 Å². The van der Waals surface area contributed by atoms with Gasteiger partial charge in [-0.1, -0.05) is 30.3 Å². The average Bonchev–Trinajstić information content (AvgIpc) is 3.14. The Morgan fingerprint density at radius 1 is 1.12 bits per heavy atom. The summed E-state index contributed by atoms with van der Waals surface area (Å²) < 4.78 is 1.83. The van der Waals surface area contributed by atoms with Crippen LogP contribution < -0.4 is 5.32 Å². The van der Waals surface area contributed by atoms with Crippen molar-refractivity contribution in [3.8, 4) is 11.1 Å². The first kappa shape index (κ1) is 14.7. The Hall–Kier alpha value is -2.88. The molecule has 0 radical (unpaired) electrons. The van der Waals surface area contributed by atoms with Crippen LogP contribution in [0.15, 0.2) is 48.5 Å². The van der Waals surface area contributed by atoms with Gasteiger partial charge in [0.2, 0.25) is 0 Å². The highest BCUT2D eigenvalue weighted by Gasteiger charge is 2.19. The van der Waals surface area contributed by atoms with Crippen molar-refractivity contribution in [2.24, 2.45) is 0 Å². The Balaban J connectivity index is 1.58. The lowest BCUT2D eigenvalue weighted by atomic mass is 10.1. The zero-order valence-corrected chi connectivity index (χ0v) is 13.8. The van der Waals surface area contributed by atoms with Crippen LogP contribution >= 0.6 is 0 Å². The molecule has 1 aliphatic rings. The van der Waals surface area contributed by atoms with Crippen LogP contribution in [0, 0.1) is 6.92 Å². The highest BCUT2D eigenvalue weighted by atomic mass is 16.1. The van der Waals surface area contributed by atoms with Crippen LogP contribution in [-0.2, 0) is 13.0 Å². The SMILES string of the molecule is CCn1nc(C(=O)Nc2ccc3c(c2)Cc2ccccc2-3)cc1C. The minimum absolute atomic E-state index is 0.166. The number of carbonyl (C=O) groups excluding carboxylic acids is 1. The van der Waals surface area contributed by atoms with Gasteiger partial charge < -0.3 is 5.32 Å². The molecule has 0 aliphatic heterocycles. The maximum absolute atomic E-state index is 12.4. The van der Waals surface area contributed by atoms with Gasteiger partial charge in [-0.05, 0) is 60.7 Å². The van der Waals surface area contributed by atoms with E-state index in [1.54, 1.807) is 0 Å².